The van der Waals surface area contributed by atoms with E-state index in [4.69, 9.17) is 15.2 Å². The number of hydrogen-bond donors (Lipinski definition) is 2. The average Bonchev–Trinajstić information content (AvgIpc) is 2.56. The molecule has 2 rings (SSSR count). The van der Waals surface area contributed by atoms with Crippen molar-refractivity contribution < 1.29 is 14.6 Å². The maximum absolute atomic E-state index is 10.1. The molecule has 0 aromatic heterocycles. The molecule has 3 N–H and O–H groups in total. The summed E-state index contributed by atoms with van der Waals surface area (Å²) in [7, 11) is 0. The lowest BCUT2D eigenvalue weighted by Crippen LogP contribution is -2.38. The van der Waals surface area contributed by atoms with Gasteiger partial charge >= 0.3 is 0 Å². The van der Waals surface area contributed by atoms with Gasteiger partial charge in [0.1, 0.15) is 12.4 Å². The molecule has 1 heterocycles. The van der Waals surface area contributed by atoms with E-state index in [1.165, 1.54) is 0 Å². The minimum absolute atomic E-state index is 0.408. The van der Waals surface area contributed by atoms with Gasteiger partial charge < -0.3 is 20.3 Å². The third-order valence-electron chi connectivity index (χ3n) is 3.98. The van der Waals surface area contributed by atoms with Crippen molar-refractivity contribution in [3.8, 4) is 5.75 Å². The molecular weight excluding hydrogens is 280 g/mol. The first-order valence-corrected chi connectivity index (χ1v) is 8.20. The van der Waals surface area contributed by atoms with E-state index >= 15 is 0 Å². The summed E-state index contributed by atoms with van der Waals surface area (Å²) in [5.74, 6) is 0.853. The molecule has 0 radical (unpaired) electrons. The van der Waals surface area contributed by atoms with Gasteiger partial charge in [-0.25, -0.2) is 0 Å². The molecular formula is C17H28N2O3. The van der Waals surface area contributed by atoms with Crippen LogP contribution in [-0.4, -0.2) is 56.0 Å². The van der Waals surface area contributed by atoms with E-state index in [-0.39, 0.29) is 0 Å². The second-order valence-electron chi connectivity index (χ2n) is 5.67. The monoisotopic (exact) mass is 308 g/mol. The van der Waals surface area contributed by atoms with Crippen molar-refractivity contribution in [1.29, 1.82) is 0 Å². The van der Waals surface area contributed by atoms with Gasteiger partial charge in [-0.15, -0.1) is 0 Å². The Morgan fingerprint density at radius 3 is 2.59 bits per heavy atom. The summed E-state index contributed by atoms with van der Waals surface area (Å²) in [5.41, 5.74) is 6.41. The van der Waals surface area contributed by atoms with Gasteiger partial charge in [-0.1, -0.05) is 12.1 Å². The number of nitrogens with zero attached hydrogens (tertiary/aromatic N) is 1. The van der Waals surface area contributed by atoms with Crippen LogP contribution in [0.15, 0.2) is 24.3 Å². The van der Waals surface area contributed by atoms with Crippen molar-refractivity contribution in [2.24, 2.45) is 5.73 Å². The van der Waals surface area contributed by atoms with E-state index in [0.717, 1.165) is 63.4 Å². The van der Waals surface area contributed by atoms with Crippen molar-refractivity contribution in [3.05, 3.63) is 29.8 Å². The molecule has 22 heavy (non-hydrogen) atoms. The SMILES string of the molecule is NCCCCC(O)c1ccc(OCCN2CCOCC2)cc1. The zero-order chi connectivity index (χ0) is 15.6. The molecule has 0 spiro atoms. The summed E-state index contributed by atoms with van der Waals surface area (Å²) in [6.07, 6.45) is 2.26. The van der Waals surface area contributed by atoms with Crippen molar-refractivity contribution >= 4 is 0 Å². The Morgan fingerprint density at radius 2 is 1.91 bits per heavy atom. The van der Waals surface area contributed by atoms with Crippen LogP contribution in [0.2, 0.25) is 0 Å². The molecule has 5 heteroatoms. The number of aliphatic hydroxyl groups is 1. The molecule has 124 valence electrons. The van der Waals surface area contributed by atoms with Crippen LogP contribution in [0.5, 0.6) is 5.75 Å². The Balaban J connectivity index is 1.69. The quantitative estimate of drug-likeness (QED) is 0.678. The van der Waals surface area contributed by atoms with Gasteiger partial charge in [-0.2, -0.15) is 0 Å². The van der Waals surface area contributed by atoms with Crippen LogP contribution in [0, 0.1) is 0 Å². The Bertz CT molecular complexity index is 405. The first kappa shape index (κ1) is 17.2. The summed E-state index contributed by atoms with van der Waals surface area (Å²) in [4.78, 5) is 2.35. The van der Waals surface area contributed by atoms with Gasteiger partial charge in [0.15, 0.2) is 0 Å². The van der Waals surface area contributed by atoms with Gasteiger partial charge in [0.05, 0.1) is 19.3 Å². The van der Waals surface area contributed by atoms with Gasteiger partial charge in [-0.3, -0.25) is 4.90 Å². The fourth-order valence-electron chi connectivity index (χ4n) is 2.55. The molecule has 0 amide bonds. The fourth-order valence-corrected chi connectivity index (χ4v) is 2.55. The fraction of sp³-hybridized carbons (Fsp3) is 0.647. The third-order valence-corrected chi connectivity index (χ3v) is 3.98. The molecule has 5 nitrogen and oxygen atoms in total. The van der Waals surface area contributed by atoms with Crippen LogP contribution < -0.4 is 10.5 Å². The summed E-state index contributed by atoms with van der Waals surface area (Å²) >= 11 is 0. The highest BCUT2D eigenvalue weighted by Crippen LogP contribution is 2.21. The standard InChI is InChI=1S/C17H28N2O3/c18-8-2-1-3-17(20)15-4-6-16(7-5-15)22-14-11-19-9-12-21-13-10-19/h4-7,17,20H,1-3,8-14,18H2. The number of unbranched alkanes of at least 4 members (excludes halogenated alkanes) is 1. The van der Waals surface area contributed by atoms with E-state index in [1.807, 2.05) is 24.3 Å². The first-order chi connectivity index (χ1) is 10.8. The molecule has 1 aliphatic heterocycles. The topological polar surface area (TPSA) is 68.0 Å². The molecule has 0 bridgehead atoms. The molecule has 1 aliphatic rings. The van der Waals surface area contributed by atoms with E-state index < -0.39 is 6.10 Å². The van der Waals surface area contributed by atoms with Crippen LogP contribution in [0.4, 0.5) is 0 Å². The Morgan fingerprint density at radius 1 is 1.18 bits per heavy atom. The second kappa shape index (κ2) is 9.79. The maximum Gasteiger partial charge on any atom is 0.119 e. The summed E-state index contributed by atoms with van der Waals surface area (Å²) in [6.45, 7) is 5.88. The Kier molecular flexibility index (Phi) is 7.66. The molecule has 0 aliphatic carbocycles. The smallest absolute Gasteiger partial charge is 0.119 e. The van der Waals surface area contributed by atoms with Crippen LogP contribution in [0.3, 0.4) is 0 Å². The highest BCUT2D eigenvalue weighted by Gasteiger charge is 2.10. The molecule has 1 unspecified atom stereocenters. The number of ether oxygens (including phenoxy) is 2. The zero-order valence-electron chi connectivity index (χ0n) is 13.2. The minimum Gasteiger partial charge on any atom is -0.492 e. The predicted molar refractivity (Wildman–Crippen MR) is 87.1 cm³/mol. The van der Waals surface area contributed by atoms with E-state index in [0.29, 0.717) is 13.2 Å². The van der Waals surface area contributed by atoms with Crippen molar-refractivity contribution in [2.45, 2.75) is 25.4 Å². The lowest BCUT2D eigenvalue weighted by Gasteiger charge is -2.26. The largest absolute Gasteiger partial charge is 0.492 e. The lowest BCUT2D eigenvalue weighted by atomic mass is 10.0. The molecule has 1 atom stereocenters. The molecule has 0 saturated carbocycles. The van der Waals surface area contributed by atoms with Crippen molar-refractivity contribution in [1.82, 2.24) is 4.90 Å². The van der Waals surface area contributed by atoms with E-state index in [1.54, 1.807) is 0 Å². The van der Waals surface area contributed by atoms with E-state index in [9.17, 15) is 5.11 Å². The Hall–Kier alpha value is -1.14. The Labute approximate surface area is 133 Å². The molecule has 1 aromatic rings. The maximum atomic E-state index is 10.1. The number of benzene rings is 1. The van der Waals surface area contributed by atoms with Gasteiger partial charge in [-0.05, 0) is 43.5 Å². The lowest BCUT2D eigenvalue weighted by molar-refractivity contribution is 0.0322. The number of rotatable bonds is 9. The highest BCUT2D eigenvalue weighted by molar-refractivity contribution is 5.28. The average molecular weight is 308 g/mol. The van der Waals surface area contributed by atoms with Gasteiger partial charge in [0.2, 0.25) is 0 Å². The summed E-state index contributed by atoms with van der Waals surface area (Å²) in [6, 6.07) is 7.75. The van der Waals surface area contributed by atoms with Gasteiger partial charge in [0.25, 0.3) is 0 Å². The van der Waals surface area contributed by atoms with Crippen LogP contribution in [0.1, 0.15) is 30.9 Å². The molecule has 1 saturated heterocycles. The third kappa shape index (κ3) is 5.93. The van der Waals surface area contributed by atoms with Crippen LogP contribution >= 0.6 is 0 Å². The van der Waals surface area contributed by atoms with E-state index in [2.05, 4.69) is 4.90 Å². The number of nitrogens with two attached hydrogens (primary N) is 1. The van der Waals surface area contributed by atoms with Crippen molar-refractivity contribution in [3.63, 3.8) is 0 Å². The van der Waals surface area contributed by atoms with Gasteiger partial charge in [0, 0.05) is 19.6 Å². The number of hydrogen-bond acceptors (Lipinski definition) is 5. The second-order valence-corrected chi connectivity index (χ2v) is 5.67. The zero-order valence-corrected chi connectivity index (χ0v) is 13.2. The minimum atomic E-state index is -0.408. The van der Waals surface area contributed by atoms with Crippen LogP contribution in [0.25, 0.3) is 0 Å². The first-order valence-electron chi connectivity index (χ1n) is 8.20. The summed E-state index contributed by atoms with van der Waals surface area (Å²) in [5, 5.41) is 10.1. The number of aliphatic hydroxyl groups excluding tert-OH is 1. The molecule has 1 aromatic carbocycles. The normalized spacial score (nSPS) is 17.4. The van der Waals surface area contributed by atoms with Crippen LogP contribution in [-0.2, 0) is 4.74 Å². The number of morpholine rings is 1. The predicted octanol–water partition coefficient (Wildman–Crippen LogP) is 1.56. The van der Waals surface area contributed by atoms with Crippen molar-refractivity contribution in [2.75, 3.05) is 46.0 Å². The molecule has 1 fully saturated rings. The highest BCUT2D eigenvalue weighted by atomic mass is 16.5. The summed E-state index contributed by atoms with van der Waals surface area (Å²) < 4.78 is 11.1.